The van der Waals surface area contributed by atoms with Crippen molar-refractivity contribution in [2.24, 2.45) is 17.8 Å². The van der Waals surface area contributed by atoms with Crippen molar-refractivity contribution in [1.82, 2.24) is 19.8 Å². The van der Waals surface area contributed by atoms with Crippen LogP contribution in [0.1, 0.15) is 31.2 Å². The maximum Gasteiger partial charge on any atom is 0.320 e. The van der Waals surface area contributed by atoms with E-state index in [0.717, 1.165) is 58.3 Å². The molecule has 32 heavy (non-hydrogen) atoms. The highest BCUT2D eigenvalue weighted by Gasteiger charge is 2.42. The minimum absolute atomic E-state index is 0.170. The number of aryl methyl sites for hydroxylation is 1. The summed E-state index contributed by atoms with van der Waals surface area (Å²) in [4.78, 5) is 25.2. The molecule has 2 amide bonds. The Morgan fingerprint density at radius 3 is 2.62 bits per heavy atom. The molecule has 2 fully saturated rings. The van der Waals surface area contributed by atoms with Gasteiger partial charge in [-0.15, -0.1) is 0 Å². The van der Waals surface area contributed by atoms with Crippen molar-refractivity contribution < 1.29 is 9.53 Å². The van der Waals surface area contributed by atoms with Gasteiger partial charge in [0.25, 0.3) is 0 Å². The van der Waals surface area contributed by atoms with Crippen molar-refractivity contribution in [2.75, 3.05) is 26.2 Å². The van der Waals surface area contributed by atoms with Crippen LogP contribution in [0.4, 0.5) is 4.79 Å². The number of likely N-dealkylation sites (tertiary alicyclic amines) is 1. The number of urea groups is 1. The fourth-order valence-electron chi connectivity index (χ4n) is 6.01. The van der Waals surface area contributed by atoms with Gasteiger partial charge < -0.3 is 19.5 Å². The van der Waals surface area contributed by atoms with Gasteiger partial charge in [-0.3, -0.25) is 0 Å². The zero-order valence-corrected chi connectivity index (χ0v) is 18.8. The molecular formula is C26H30N4O2. The van der Waals surface area contributed by atoms with Crippen LogP contribution < -0.4 is 4.74 Å². The molecule has 1 aliphatic carbocycles. The third-order valence-electron chi connectivity index (χ3n) is 7.50. The Hall–Kier alpha value is -3.02. The molecule has 6 nitrogen and oxygen atoms in total. The Kier molecular flexibility index (Phi) is 4.63. The van der Waals surface area contributed by atoms with E-state index in [9.17, 15) is 4.79 Å². The largest absolute Gasteiger partial charge is 0.491 e. The van der Waals surface area contributed by atoms with E-state index >= 15 is 0 Å². The number of aromatic amines is 1. The first-order valence-electron chi connectivity index (χ1n) is 11.8. The zero-order chi connectivity index (χ0) is 21.8. The van der Waals surface area contributed by atoms with Gasteiger partial charge in [0.15, 0.2) is 0 Å². The van der Waals surface area contributed by atoms with Crippen LogP contribution in [-0.2, 0) is 6.54 Å². The van der Waals surface area contributed by atoms with Crippen molar-refractivity contribution in [3.63, 3.8) is 0 Å². The van der Waals surface area contributed by atoms with E-state index in [2.05, 4.69) is 52.1 Å². The van der Waals surface area contributed by atoms with Gasteiger partial charge >= 0.3 is 6.03 Å². The Bertz CT molecular complexity index is 1170. The lowest BCUT2D eigenvalue weighted by atomic mass is 10.0. The molecule has 3 aliphatic rings. The van der Waals surface area contributed by atoms with Crippen LogP contribution >= 0.6 is 0 Å². The Morgan fingerprint density at radius 2 is 1.81 bits per heavy atom. The van der Waals surface area contributed by atoms with Gasteiger partial charge in [0, 0.05) is 18.7 Å². The predicted molar refractivity (Wildman–Crippen MR) is 125 cm³/mol. The second kappa shape index (κ2) is 7.54. The van der Waals surface area contributed by atoms with Gasteiger partial charge in [-0.2, -0.15) is 0 Å². The summed E-state index contributed by atoms with van der Waals surface area (Å²) in [5.41, 5.74) is 5.35. The van der Waals surface area contributed by atoms with Crippen molar-refractivity contribution in [2.45, 2.75) is 33.2 Å². The number of rotatable bonds is 1. The van der Waals surface area contributed by atoms with Crippen LogP contribution in [0, 0.1) is 24.7 Å². The van der Waals surface area contributed by atoms with Gasteiger partial charge in [-0.25, -0.2) is 9.78 Å². The molecule has 0 bridgehead atoms. The van der Waals surface area contributed by atoms with Gasteiger partial charge in [0.05, 0.1) is 24.1 Å². The maximum atomic E-state index is 13.4. The standard InChI is InChI=1S/C26H30N4O2/c1-16-9-20-13-30(14-21(20)10-16)26(31)29-7-8-32-25-6-4-18(11-22(25)15-29)19-3-5-23-24(12-19)28-17(2)27-23/h3-6,11-12,16,20-21H,7-10,13-15H2,1-2H3,(H,27,28)/t16?,20-,21+. The molecule has 2 aromatic carbocycles. The predicted octanol–water partition coefficient (Wildman–Crippen LogP) is 4.83. The first-order valence-corrected chi connectivity index (χ1v) is 11.8. The number of fused-ring (bicyclic) bond motifs is 3. The number of benzene rings is 2. The first-order chi connectivity index (χ1) is 15.5. The lowest BCUT2D eigenvalue weighted by Gasteiger charge is -2.27. The average Bonchev–Trinajstić information content (AvgIpc) is 3.38. The summed E-state index contributed by atoms with van der Waals surface area (Å²) >= 11 is 0. The van der Waals surface area contributed by atoms with Crippen molar-refractivity contribution in [1.29, 1.82) is 0 Å². The van der Waals surface area contributed by atoms with Crippen LogP contribution in [0.15, 0.2) is 36.4 Å². The van der Waals surface area contributed by atoms with E-state index < -0.39 is 0 Å². The summed E-state index contributed by atoms with van der Waals surface area (Å²) in [5.74, 6) is 4.00. The topological polar surface area (TPSA) is 61.5 Å². The summed E-state index contributed by atoms with van der Waals surface area (Å²) in [6.45, 7) is 7.91. The van der Waals surface area contributed by atoms with Crippen LogP contribution in [-0.4, -0.2) is 52.0 Å². The van der Waals surface area contributed by atoms with E-state index in [0.29, 0.717) is 31.5 Å². The van der Waals surface area contributed by atoms with E-state index in [1.807, 2.05) is 17.9 Å². The second-order valence-electron chi connectivity index (χ2n) is 9.93. The monoisotopic (exact) mass is 430 g/mol. The van der Waals surface area contributed by atoms with Gasteiger partial charge in [0.1, 0.15) is 18.2 Å². The third kappa shape index (κ3) is 3.42. The second-order valence-corrected chi connectivity index (χ2v) is 9.93. The number of aromatic nitrogens is 2. The van der Waals surface area contributed by atoms with Crippen LogP contribution in [0.5, 0.6) is 5.75 Å². The lowest BCUT2D eigenvalue weighted by molar-refractivity contribution is 0.151. The van der Waals surface area contributed by atoms with E-state index in [1.165, 1.54) is 12.8 Å². The minimum Gasteiger partial charge on any atom is -0.491 e. The molecule has 0 radical (unpaired) electrons. The van der Waals surface area contributed by atoms with Crippen LogP contribution in [0.2, 0.25) is 0 Å². The molecule has 1 N–H and O–H groups in total. The molecule has 6 rings (SSSR count). The fraction of sp³-hybridized carbons (Fsp3) is 0.462. The molecule has 166 valence electrons. The van der Waals surface area contributed by atoms with Gasteiger partial charge in [-0.05, 0) is 72.9 Å². The highest BCUT2D eigenvalue weighted by molar-refractivity contribution is 5.82. The highest BCUT2D eigenvalue weighted by Crippen LogP contribution is 2.41. The number of hydrogen-bond acceptors (Lipinski definition) is 3. The summed E-state index contributed by atoms with van der Waals surface area (Å²) in [6.07, 6.45) is 2.54. The molecule has 1 saturated carbocycles. The molecule has 1 unspecified atom stereocenters. The molecule has 3 atom stereocenters. The number of carbonyl (C=O) groups excluding carboxylic acids is 1. The van der Waals surface area contributed by atoms with Gasteiger partial charge in [-0.1, -0.05) is 19.1 Å². The summed E-state index contributed by atoms with van der Waals surface area (Å²) in [5, 5.41) is 0. The molecule has 1 aromatic heterocycles. The van der Waals surface area contributed by atoms with Crippen molar-refractivity contribution in [3.8, 4) is 16.9 Å². The van der Waals surface area contributed by atoms with Crippen LogP contribution in [0.3, 0.4) is 0 Å². The maximum absolute atomic E-state index is 13.4. The number of H-pyrrole nitrogens is 1. The molecule has 2 aliphatic heterocycles. The fourth-order valence-corrected chi connectivity index (χ4v) is 6.01. The summed E-state index contributed by atoms with van der Waals surface area (Å²) in [7, 11) is 0. The van der Waals surface area contributed by atoms with Crippen LogP contribution in [0.25, 0.3) is 22.2 Å². The molecule has 6 heteroatoms. The smallest absolute Gasteiger partial charge is 0.320 e. The molecule has 3 aromatic rings. The quantitative estimate of drug-likeness (QED) is 0.601. The van der Waals surface area contributed by atoms with E-state index in [-0.39, 0.29) is 6.03 Å². The first kappa shape index (κ1) is 19.6. The lowest BCUT2D eigenvalue weighted by Crippen LogP contribution is -2.43. The van der Waals surface area contributed by atoms with Crippen molar-refractivity contribution >= 4 is 17.1 Å². The summed E-state index contributed by atoms with van der Waals surface area (Å²) < 4.78 is 6.02. The summed E-state index contributed by atoms with van der Waals surface area (Å²) in [6, 6.07) is 12.8. The molecule has 1 saturated heterocycles. The normalized spacial score (nSPS) is 24.9. The number of ether oxygens (including phenoxy) is 1. The third-order valence-corrected chi connectivity index (χ3v) is 7.50. The van der Waals surface area contributed by atoms with Gasteiger partial charge in [0.2, 0.25) is 0 Å². The number of nitrogens with one attached hydrogen (secondary N) is 1. The van der Waals surface area contributed by atoms with E-state index in [1.54, 1.807) is 0 Å². The van der Waals surface area contributed by atoms with Crippen molar-refractivity contribution in [3.05, 3.63) is 47.8 Å². The van der Waals surface area contributed by atoms with E-state index in [4.69, 9.17) is 4.74 Å². The Labute approximate surface area is 188 Å². The number of imidazole rings is 1. The minimum atomic E-state index is 0.170. The highest BCUT2D eigenvalue weighted by atomic mass is 16.5. The number of hydrogen-bond donors (Lipinski definition) is 1. The number of carbonyl (C=O) groups is 1. The molecule has 0 spiro atoms. The number of amides is 2. The Balaban J connectivity index is 1.24. The zero-order valence-electron chi connectivity index (χ0n) is 18.8. The molecule has 3 heterocycles. The SMILES string of the molecule is Cc1nc2ccc(-c3ccc4c(c3)CN(C(=O)N3C[C@H]5CC(C)C[C@H]5C3)CCO4)cc2[nH]1. The molecular weight excluding hydrogens is 400 g/mol. The number of nitrogens with zero attached hydrogens (tertiary/aromatic N) is 3. The average molecular weight is 431 g/mol. The Morgan fingerprint density at radius 1 is 1.06 bits per heavy atom.